The Morgan fingerprint density at radius 3 is 2.62 bits per heavy atom. The predicted molar refractivity (Wildman–Crippen MR) is 153 cm³/mol. The number of nitrogens with one attached hydrogen (secondary N) is 1. The summed E-state index contributed by atoms with van der Waals surface area (Å²) in [5.41, 5.74) is 0. The molecule has 4 rings (SSSR count). The molecule has 4 aliphatic rings. The summed E-state index contributed by atoms with van der Waals surface area (Å²) in [7, 11) is 2.19. The van der Waals surface area contributed by atoms with E-state index in [-0.39, 0.29) is 30.3 Å². The van der Waals surface area contributed by atoms with Crippen molar-refractivity contribution in [2.75, 3.05) is 46.5 Å². The molecule has 228 valence electrons. The van der Waals surface area contributed by atoms with E-state index >= 15 is 0 Å². The van der Waals surface area contributed by atoms with Crippen molar-refractivity contribution < 1.29 is 29.7 Å². The van der Waals surface area contributed by atoms with E-state index in [2.05, 4.69) is 29.1 Å². The van der Waals surface area contributed by atoms with Gasteiger partial charge in [0, 0.05) is 43.5 Å². The summed E-state index contributed by atoms with van der Waals surface area (Å²) < 4.78 is 5.38. The van der Waals surface area contributed by atoms with Gasteiger partial charge in [0.2, 0.25) is 5.91 Å². The van der Waals surface area contributed by atoms with Gasteiger partial charge < -0.3 is 30.3 Å². The normalized spacial score (nSPS) is 33.5. The summed E-state index contributed by atoms with van der Waals surface area (Å²) in [5.74, 6) is 6.34. The molecule has 2 heterocycles. The molecular formula is C31H53N3O6. The predicted octanol–water partition coefficient (Wildman–Crippen LogP) is 1.94. The number of hydrogen-bond donors (Lipinski definition) is 4. The van der Waals surface area contributed by atoms with Crippen molar-refractivity contribution in [1.82, 2.24) is 15.3 Å². The molecule has 0 aromatic heterocycles. The van der Waals surface area contributed by atoms with E-state index in [1.807, 2.05) is 0 Å². The van der Waals surface area contributed by atoms with E-state index in [0.717, 1.165) is 45.1 Å². The zero-order valence-corrected chi connectivity index (χ0v) is 24.7. The van der Waals surface area contributed by atoms with Crippen molar-refractivity contribution in [1.29, 1.82) is 0 Å². The number of amides is 1. The van der Waals surface area contributed by atoms with Crippen LogP contribution in [-0.2, 0) is 14.4 Å². The molecule has 2 saturated carbocycles. The van der Waals surface area contributed by atoms with Crippen LogP contribution in [0.5, 0.6) is 0 Å². The number of ether oxygens (including phenoxy) is 1. The van der Waals surface area contributed by atoms with Crippen molar-refractivity contribution in [2.45, 2.75) is 108 Å². The SMILES string of the molecule is C[C@@H](O)[C@H]1[C@@H](CO)ON(CC2CCCC(C#CC(O)C3CCOC3)C2)[C@H]1C(=O)NCCCN(C)C1CCCCC1. The lowest BCUT2D eigenvalue weighted by Crippen LogP contribution is -2.50. The number of aliphatic hydroxyl groups excluding tert-OH is 3. The zero-order chi connectivity index (χ0) is 28.5. The molecule has 40 heavy (non-hydrogen) atoms. The second kappa shape index (κ2) is 15.8. The van der Waals surface area contributed by atoms with Crippen molar-refractivity contribution in [3.63, 3.8) is 0 Å². The molecule has 2 aliphatic carbocycles. The lowest BCUT2D eigenvalue weighted by atomic mass is 9.81. The molecule has 4 fully saturated rings. The van der Waals surface area contributed by atoms with E-state index in [0.29, 0.717) is 32.3 Å². The van der Waals surface area contributed by atoms with Crippen LogP contribution in [0.3, 0.4) is 0 Å². The molecule has 0 spiro atoms. The summed E-state index contributed by atoms with van der Waals surface area (Å²) in [4.78, 5) is 22.0. The Kier molecular flexibility index (Phi) is 12.5. The Morgan fingerprint density at radius 2 is 1.93 bits per heavy atom. The van der Waals surface area contributed by atoms with Gasteiger partial charge in [-0.15, -0.1) is 0 Å². The number of carbonyl (C=O) groups is 1. The van der Waals surface area contributed by atoms with Crippen molar-refractivity contribution in [2.24, 2.45) is 23.7 Å². The van der Waals surface area contributed by atoms with Gasteiger partial charge in [0.1, 0.15) is 18.2 Å². The fourth-order valence-electron chi connectivity index (χ4n) is 7.21. The summed E-state index contributed by atoms with van der Waals surface area (Å²) >= 11 is 0. The average Bonchev–Trinajstić information content (AvgIpc) is 3.63. The van der Waals surface area contributed by atoms with Gasteiger partial charge in [-0.25, -0.2) is 0 Å². The van der Waals surface area contributed by atoms with Gasteiger partial charge in [-0.3, -0.25) is 9.63 Å². The van der Waals surface area contributed by atoms with E-state index in [9.17, 15) is 20.1 Å². The highest BCUT2D eigenvalue weighted by atomic mass is 16.7. The summed E-state index contributed by atoms with van der Waals surface area (Å²) in [5, 5.41) is 35.8. The van der Waals surface area contributed by atoms with Crippen molar-refractivity contribution in [3.05, 3.63) is 0 Å². The molecule has 9 heteroatoms. The Hall–Kier alpha value is -1.25. The molecule has 8 atom stereocenters. The first-order chi connectivity index (χ1) is 19.4. The van der Waals surface area contributed by atoms with E-state index in [1.54, 1.807) is 12.0 Å². The highest BCUT2D eigenvalue weighted by Gasteiger charge is 2.49. The van der Waals surface area contributed by atoms with Crippen LogP contribution >= 0.6 is 0 Å². The third-order valence-electron chi connectivity index (χ3n) is 9.63. The Balaban J connectivity index is 1.31. The van der Waals surface area contributed by atoms with E-state index < -0.39 is 30.3 Å². The topological polar surface area (TPSA) is 115 Å². The van der Waals surface area contributed by atoms with Crippen LogP contribution in [0.15, 0.2) is 0 Å². The van der Waals surface area contributed by atoms with Gasteiger partial charge in [0.25, 0.3) is 0 Å². The quantitative estimate of drug-likeness (QED) is 0.223. The van der Waals surface area contributed by atoms with Gasteiger partial charge in [-0.1, -0.05) is 37.5 Å². The van der Waals surface area contributed by atoms with Gasteiger partial charge >= 0.3 is 0 Å². The third kappa shape index (κ3) is 8.64. The molecule has 0 aromatic rings. The molecule has 2 aliphatic heterocycles. The summed E-state index contributed by atoms with van der Waals surface area (Å²) in [6.45, 7) is 4.77. The maximum atomic E-state index is 13.5. The summed E-state index contributed by atoms with van der Waals surface area (Å²) in [6, 6.07) is 0.000906. The maximum absolute atomic E-state index is 13.5. The Bertz CT molecular complexity index is 835. The first-order valence-electron chi connectivity index (χ1n) is 15.8. The van der Waals surface area contributed by atoms with Crippen LogP contribution in [0.25, 0.3) is 0 Å². The van der Waals surface area contributed by atoms with Gasteiger partial charge in [0.15, 0.2) is 0 Å². The second-order valence-corrected chi connectivity index (χ2v) is 12.7. The lowest BCUT2D eigenvalue weighted by Gasteiger charge is -2.32. The first kappa shape index (κ1) is 31.7. The van der Waals surface area contributed by atoms with Crippen molar-refractivity contribution >= 4 is 5.91 Å². The fraction of sp³-hybridized carbons (Fsp3) is 0.903. The van der Waals surface area contributed by atoms with Crippen LogP contribution in [0.1, 0.15) is 77.6 Å². The van der Waals surface area contributed by atoms with E-state index in [1.165, 1.54) is 32.1 Å². The molecule has 2 saturated heterocycles. The highest BCUT2D eigenvalue weighted by molar-refractivity contribution is 5.82. The monoisotopic (exact) mass is 563 g/mol. The van der Waals surface area contributed by atoms with Gasteiger partial charge in [-0.05, 0) is 71.4 Å². The third-order valence-corrected chi connectivity index (χ3v) is 9.63. The number of aliphatic hydroxyl groups is 3. The number of hydroxylamine groups is 2. The zero-order valence-electron chi connectivity index (χ0n) is 24.7. The maximum Gasteiger partial charge on any atom is 0.240 e. The molecule has 4 N–H and O–H groups in total. The van der Waals surface area contributed by atoms with Gasteiger partial charge in [0.05, 0.1) is 19.3 Å². The first-order valence-corrected chi connectivity index (χ1v) is 15.8. The van der Waals surface area contributed by atoms with Crippen molar-refractivity contribution in [3.8, 4) is 11.8 Å². The standard InChI is InChI=1S/C31H53N3O6/c1-22(36)29-28(20-35)40-34(30(29)31(38)32-15-7-16-33(2)26-10-4-3-5-11-26)19-24-9-6-8-23(18-24)12-13-27(37)25-14-17-39-21-25/h22-30,35-37H,3-11,14-21H2,1-2H3,(H,32,38)/t22-,23?,24?,25?,27?,28-,29+,30-/m1/s1. The van der Waals surface area contributed by atoms with Crippen LogP contribution < -0.4 is 5.32 Å². The molecule has 0 bridgehead atoms. The number of hydrogen-bond acceptors (Lipinski definition) is 8. The minimum Gasteiger partial charge on any atom is -0.394 e. The largest absolute Gasteiger partial charge is 0.394 e. The number of carbonyl (C=O) groups excluding carboxylic acids is 1. The second-order valence-electron chi connectivity index (χ2n) is 12.7. The highest BCUT2D eigenvalue weighted by Crippen LogP contribution is 2.35. The smallest absolute Gasteiger partial charge is 0.240 e. The summed E-state index contributed by atoms with van der Waals surface area (Å²) in [6.07, 6.45) is 10.1. The molecule has 1 amide bonds. The van der Waals surface area contributed by atoms with Crippen LogP contribution in [0.2, 0.25) is 0 Å². The molecule has 0 radical (unpaired) electrons. The average molecular weight is 564 g/mol. The fourth-order valence-corrected chi connectivity index (χ4v) is 7.21. The molecule has 9 nitrogen and oxygen atoms in total. The van der Waals surface area contributed by atoms with Crippen LogP contribution in [-0.4, -0.2) is 108 Å². The Morgan fingerprint density at radius 1 is 1.12 bits per heavy atom. The minimum atomic E-state index is -0.790. The van der Waals surface area contributed by atoms with Crippen LogP contribution in [0, 0.1) is 35.5 Å². The lowest BCUT2D eigenvalue weighted by molar-refractivity contribution is -0.183. The number of rotatable bonds is 11. The van der Waals surface area contributed by atoms with E-state index in [4.69, 9.17) is 9.57 Å². The molecular weight excluding hydrogens is 510 g/mol. The number of nitrogens with zero attached hydrogens (tertiary/aromatic N) is 2. The molecule has 4 unspecified atom stereocenters. The Labute approximate surface area is 240 Å². The minimum absolute atomic E-state index is 0.102. The van der Waals surface area contributed by atoms with Crippen LogP contribution in [0.4, 0.5) is 0 Å². The molecule has 0 aromatic carbocycles. The van der Waals surface area contributed by atoms with Gasteiger partial charge in [-0.2, -0.15) is 5.06 Å².